The summed E-state index contributed by atoms with van der Waals surface area (Å²) in [6.45, 7) is 3.86. The number of fused-ring (bicyclic) bond motifs is 1. The minimum Gasteiger partial charge on any atom is -0.478 e. The highest BCUT2D eigenvalue weighted by molar-refractivity contribution is 6.30. The number of carbonyl (C=O) groups excluding carboxylic acids is 1. The third kappa shape index (κ3) is 6.82. The molecule has 2 N–H and O–H groups in total. The topological polar surface area (TPSA) is 120 Å². The molecule has 0 unspecified atom stereocenters. The van der Waals surface area contributed by atoms with Crippen molar-refractivity contribution in [2.75, 3.05) is 37.7 Å². The summed E-state index contributed by atoms with van der Waals surface area (Å²) in [7, 11) is 0. The molecular formula is C18H22ClN3O6. The Labute approximate surface area is 167 Å². The molecule has 1 fully saturated rings. The number of rotatable bonds is 5. The van der Waals surface area contributed by atoms with Gasteiger partial charge >= 0.3 is 11.9 Å². The van der Waals surface area contributed by atoms with E-state index in [0.29, 0.717) is 35.3 Å². The first-order chi connectivity index (χ1) is 13.4. The first-order valence-corrected chi connectivity index (χ1v) is 9.19. The van der Waals surface area contributed by atoms with Crippen molar-refractivity contribution in [3.63, 3.8) is 0 Å². The second-order valence-corrected chi connectivity index (χ2v) is 6.66. The lowest BCUT2D eigenvalue weighted by atomic mass is 10.1. The maximum atomic E-state index is 12.1. The Morgan fingerprint density at radius 1 is 1.14 bits per heavy atom. The number of hydrogen-bond acceptors (Lipinski definition) is 6. The van der Waals surface area contributed by atoms with Crippen LogP contribution in [0.1, 0.15) is 19.3 Å². The lowest BCUT2D eigenvalue weighted by Crippen LogP contribution is -2.44. The Balaban J connectivity index is 0.000000300. The third-order valence-corrected chi connectivity index (χ3v) is 4.39. The molecule has 3 heterocycles. The first-order valence-electron chi connectivity index (χ1n) is 8.82. The number of likely N-dealkylation sites (tertiary alicyclic amines) is 1. The van der Waals surface area contributed by atoms with Crippen molar-refractivity contribution in [1.29, 1.82) is 0 Å². The van der Waals surface area contributed by atoms with Crippen LogP contribution in [0.5, 0.6) is 5.88 Å². The Morgan fingerprint density at radius 3 is 2.39 bits per heavy atom. The standard InChI is InChI=1S/C14H18ClN3O2.C4H4O4/c15-11-8-12-14(16-9-11)20-10-13(19)18(12)7-6-17-4-2-1-3-5-17;5-3(6)1-2-4(7)8/h8-9H,1-7,10H2;1-2H,(H,5,6)(H,7,8)/b;2-1+. The summed E-state index contributed by atoms with van der Waals surface area (Å²) in [6.07, 6.45) is 6.47. The minimum absolute atomic E-state index is 0.0291. The highest BCUT2D eigenvalue weighted by atomic mass is 35.5. The SMILES string of the molecule is O=C(O)/C=C/C(=O)O.O=C1COc2ncc(Cl)cc2N1CCN1CCCCC1. The quantitative estimate of drug-likeness (QED) is 0.702. The molecule has 1 saturated heterocycles. The van der Waals surface area contributed by atoms with E-state index in [9.17, 15) is 14.4 Å². The molecule has 0 atom stereocenters. The number of aliphatic carboxylic acids is 2. The van der Waals surface area contributed by atoms with Gasteiger partial charge < -0.3 is 24.7 Å². The van der Waals surface area contributed by atoms with Crippen LogP contribution in [0, 0.1) is 0 Å². The summed E-state index contributed by atoms with van der Waals surface area (Å²) in [6, 6.07) is 1.75. The van der Waals surface area contributed by atoms with Crippen LogP contribution in [0.3, 0.4) is 0 Å². The van der Waals surface area contributed by atoms with Crippen molar-refractivity contribution >= 4 is 35.1 Å². The van der Waals surface area contributed by atoms with Crippen LogP contribution in [0.25, 0.3) is 0 Å². The summed E-state index contributed by atoms with van der Waals surface area (Å²) in [5.74, 6) is -2.05. The summed E-state index contributed by atoms with van der Waals surface area (Å²) < 4.78 is 5.34. The molecule has 0 aromatic carbocycles. The normalized spacial score (nSPS) is 16.8. The number of piperidine rings is 1. The summed E-state index contributed by atoms with van der Waals surface area (Å²) in [4.78, 5) is 39.4. The van der Waals surface area contributed by atoms with E-state index in [-0.39, 0.29) is 12.5 Å². The molecule has 28 heavy (non-hydrogen) atoms. The first kappa shape index (κ1) is 21.6. The highest BCUT2D eigenvalue weighted by Gasteiger charge is 2.27. The molecule has 152 valence electrons. The minimum atomic E-state index is -1.26. The van der Waals surface area contributed by atoms with Gasteiger partial charge in [0.2, 0.25) is 5.88 Å². The van der Waals surface area contributed by atoms with Gasteiger partial charge in [0.15, 0.2) is 6.61 Å². The molecule has 0 bridgehead atoms. The van der Waals surface area contributed by atoms with E-state index in [0.717, 1.165) is 19.6 Å². The Hall–Kier alpha value is -2.65. The number of pyridine rings is 1. The van der Waals surface area contributed by atoms with Gasteiger partial charge in [0, 0.05) is 31.4 Å². The van der Waals surface area contributed by atoms with Gasteiger partial charge in [0.05, 0.1) is 5.02 Å². The number of nitrogens with zero attached hydrogens (tertiary/aromatic N) is 3. The van der Waals surface area contributed by atoms with Crippen LogP contribution < -0.4 is 9.64 Å². The number of anilines is 1. The number of hydrogen-bond donors (Lipinski definition) is 2. The number of amides is 1. The molecule has 2 aliphatic rings. The van der Waals surface area contributed by atoms with Crippen LogP contribution in [0.4, 0.5) is 5.69 Å². The van der Waals surface area contributed by atoms with Gasteiger partial charge in [-0.05, 0) is 32.0 Å². The fourth-order valence-corrected chi connectivity index (χ4v) is 3.03. The number of carboxylic acids is 2. The number of carbonyl (C=O) groups is 3. The van der Waals surface area contributed by atoms with Gasteiger partial charge in [-0.15, -0.1) is 0 Å². The zero-order valence-electron chi connectivity index (χ0n) is 15.2. The maximum Gasteiger partial charge on any atom is 0.328 e. The van der Waals surface area contributed by atoms with Crippen molar-refractivity contribution in [3.8, 4) is 5.88 Å². The predicted octanol–water partition coefficient (Wildman–Crippen LogP) is 1.66. The van der Waals surface area contributed by atoms with Gasteiger partial charge in [-0.3, -0.25) is 4.79 Å². The zero-order chi connectivity index (χ0) is 20.5. The molecular weight excluding hydrogens is 390 g/mol. The number of aromatic nitrogens is 1. The lowest BCUT2D eigenvalue weighted by Gasteiger charge is -2.32. The highest BCUT2D eigenvalue weighted by Crippen LogP contribution is 2.31. The lowest BCUT2D eigenvalue weighted by molar-refractivity contribution is -0.134. The van der Waals surface area contributed by atoms with Crippen LogP contribution in [0.15, 0.2) is 24.4 Å². The van der Waals surface area contributed by atoms with Gasteiger partial charge in [-0.25, -0.2) is 14.6 Å². The van der Waals surface area contributed by atoms with Gasteiger partial charge in [-0.2, -0.15) is 0 Å². The van der Waals surface area contributed by atoms with E-state index >= 15 is 0 Å². The Bertz CT molecular complexity index is 733. The fourth-order valence-electron chi connectivity index (χ4n) is 2.88. The fraction of sp³-hybridized carbons (Fsp3) is 0.444. The molecule has 1 amide bonds. The molecule has 9 nitrogen and oxygen atoms in total. The summed E-state index contributed by atoms with van der Waals surface area (Å²) in [5.41, 5.74) is 0.686. The van der Waals surface area contributed by atoms with Crippen molar-refractivity contribution in [3.05, 3.63) is 29.4 Å². The number of carboxylic acid groups (broad SMARTS) is 2. The molecule has 3 rings (SSSR count). The summed E-state index contributed by atoms with van der Waals surface area (Å²) >= 11 is 5.97. The van der Waals surface area contributed by atoms with Crippen molar-refractivity contribution in [1.82, 2.24) is 9.88 Å². The Morgan fingerprint density at radius 2 is 1.79 bits per heavy atom. The maximum absolute atomic E-state index is 12.1. The molecule has 0 saturated carbocycles. The van der Waals surface area contributed by atoms with Gasteiger partial charge in [0.1, 0.15) is 5.69 Å². The second kappa shape index (κ2) is 10.6. The molecule has 0 radical (unpaired) electrons. The van der Waals surface area contributed by atoms with Gasteiger partial charge in [-0.1, -0.05) is 18.0 Å². The van der Waals surface area contributed by atoms with Crippen molar-refractivity contribution in [2.45, 2.75) is 19.3 Å². The molecule has 10 heteroatoms. The molecule has 1 aromatic rings. The number of halogens is 1. The van der Waals surface area contributed by atoms with Crippen LogP contribution in [-0.2, 0) is 14.4 Å². The second-order valence-electron chi connectivity index (χ2n) is 6.22. The van der Waals surface area contributed by atoms with Crippen LogP contribution in [-0.4, -0.2) is 70.7 Å². The number of ether oxygens (including phenoxy) is 1. The van der Waals surface area contributed by atoms with Crippen LogP contribution in [0.2, 0.25) is 5.02 Å². The molecule has 0 spiro atoms. The van der Waals surface area contributed by atoms with Crippen molar-refractivity contribution in [2.24, 2.45) is 0 Å². The van der Waals surface area contributed by atoms with Crippen molar-refractivity contribution < 1.29 is 29.3 Å². The average Bonchev–Trinajstić information content (AvgIpc) is 2.67. The Kier molecular flexibility index (Phi) is 8.21. The van der Waals surface area contributed by atoms with E-state index < -0.39 is 11.9 Å². The van der Waals surface area contributed by atoms with E-state index in [4.69, 9.17) is 26.6 Å². The molecule has 1 aromatic heterocycles. The third-order valence-electron chi connectivity index (χ3n) is 4.18. The largest absolute Gasteiger partial charge is 0.478 e. The predicted molar refractivity (Wildman–Crippen MR) is 102 cm³/mol. The molecule has 2 aliphatic heterocycles. The van der Waals surface area contributed by atoms with E-state index in [1.807, 2.05) is 0 Å². The van der Waals surface area contributed by atoms with E-state index in [1.165, 1.54) is 19.3 Å². The summed E-state index contributed by atoms with van der Waals surface area (Å²) in [5, 5.41) is 16.1. The van der Waals surface area contributed by atoms with Crippen LogP contribution >= 0.6 is 11.6 Å². The monoisotopic (exact) mass is 411 g/mol. The average molecular weight is 412 g/mol. The molecule has 0 aliphatic carbocycles. The van der Waals surface area contributed by atoms with Gasteiger partial charge in [0.25, 0.3) is 5.91 Å². The van der Waals surface area contributed by atoms with E-state index in [2.05, 4.69) is 9.88 Å². The zero-order valence-corrected chi connectivity index (χ0v) is 16.0. The van der Waals surface area contributed by atoms with E-state index in [1.54, 1.807) is 17.2 Å². The smallest absolute Gasteiger partial charge is 0.328 e.